The number of carbonyl (C=O) groups excluding carboxylic acids is 2. The van der Waals surface area contributed by atoms with Gasteiger partial charge in [0.2, 0.25) is 5.91 Å². The molecule has 4 rings (SSSR count). The van der Waals surface area contributed by atoms with E-state index in [4.69, 9.17) is 11.6 Å². The molecule has 5 nitrogen and oxygen atoms in total. The van der Waals surface area contributed by atoms with Crippen LogP contribution in [0, 0.1) is 0 Å². The number of hydrogen-bond donors (Lipinski definition) is 1. The second-order valence-electron chi connectivity index (χ2n) is 9.14. The highest BCUT2D eigenvalue weighted by Crippen LogP contribution is 2.38. The number of hydrogen-bond acceptors (Lipinski definition) is 3. The van der Waals surface area contributed by atoms with Gasteiger partial charge in [0.25, 0.3) is 5.91 Å². The molecule has 2 heterocycles. The van der Waals surface area contributed by atoms with Crippen LogP contribution in [0.15, 0.2) is 42.5 Å². The lowest BCUT2D eigenvalue weighted by Crippen LogP contribution is -2.32. The largest absolute Gasteiger partial charge is 0.371 e. The Bertz CT molecular complexity index is 985. The van der Waals surface area contributed by atoms with Crippen molar-refractivity contribution in [2.24, 2.45) is 0 Å². The molecule has 0 radical (unpaired) electrons. The third-order valence-corrected chi connectivity index (χ3v) is 6.70. The molecule has 2 aliphatic heterocycles. The third-order valence-electron chi connectivity index (χ3n) is 6.38. The quantitative estimate of drug-likeness (QED) is 0.661. The van der Waals surface area contributed by atoms with Crippen LogP contribution in [0.25, 0.3) is 0 Å². The number of para-hydroxylation sites is 1. The predicted octanol–water partition coefficient (Wildman–Crippen LogP) is 5.38. The number of anilines is 2. The Balaban J connectivity index is 1.59. The Morgan fingerprint density at radius 2 is 1.81 bits per heavy atom. The smallest absolute Gasteiger partial charge is 0.259 e. The van der Waals surface area contributed by atoms with E-state index in [-0.39, 0.29) is 23.8 Å². The maximum Gasteiger partial charge on any atom is 0.259 e. The molecule has 2 aromatic carbocycles. The topological polar surface area (TPSA) is 52.7 Å². The van der Waals surface area contributed by atoms with Gasteiger partial charge in [-0.05, 0) is 75.3 Å². The minimum atomic E-state index is -0.0808. The van der Waals surface area contributed by atoms with Gasteiger partial charge >= 0.3 is 0 Å². The van der Waals surface area contributed by atoms with Crippen molar-refractivity contribution in [3.05, 3.63) is 58.6 Å². The second kappa shape index (κ2) is 9.95. The molecule has 0 aliphatic carbocycles. The third kappa shape index (κ3) is 4.93. The molecule has 0 aromatic heterocycles. The number of amides is 2. The van der Waals surface area contributed by atoms with Gasteiger partial charge < -0.3 is 15.1 Å². The maximum absolute atomic E-state index is 13.6. The van der Waals surface area contributed by atoms with E-state index < -0.39 is 0 Å². The summed E-state index contributed by atoms with van der Waals surface area (Å²) >= 11 is 6.61. The molecular weight excluding hydrogens is 422 g/mol. The second-order valence-corrected chi connectivity index (χ2v) is 9.55. The molecule has 0 unspecified atom stereocenters. The zero-order valence-electron chi connectivity index (χ0n) is 18.9. The van der Waals surface area contributed by atoms with Gasteiger partial charge in [-0.25, -0.2) is 0 Å². The summed E-state index contributed by atoms with van der Waals surface area (Å²) in [5.74, 6) is 0.0681. The lowest BCUT2D eigenvalue weighted by Gasteiger charge is -2.25. The molecule has 0 saturated carbocycles. The van der Waals surface area contributed by atoms with Gasteiger partial charge in [-0.3, -0.25) is 9.59 Å². The number of rotatable bonds is 5. The average molecular weight is 454 g/mol. The Labute approximate surface area is 195 Å². The fourth-order valence-corrected chi connectivity index (χ4v) is 5.13. The summed E-state index contributed by atoms with van der Waals surface area (Å²) in [6.07, 6.45) is 4.53. The van der Waals surface area contributed by atoms with Crippen LogP contribution < -0.4 is 15.1 Å². The molecule has 2 amide bonds. The lowest BCUT2D eigenvalue weighted by molar-refractivity contribution is -0.122. The van der Waals surface area contributed by atoms with Crippen molar-refractivity contribution in [1.82, 2.24) is 5.32 Å². The number of fused-ring (bicyclic) bond motifs is 1. The predicted molar refractivity (Wildman–Crippen MR) is 131 cm³/mol. The van der Waals surface area contributed by atoms with Gasteiger partial charge in [0.1, 0.15) is 0 Å². The first-order valence-electron chi connectivity index (χ1n) is 11.7. The van der Waals surface area contributed by atoms with Crippen molar-refractivity contribution >= 4 is 34.8 Å². The van der Waals surface area contributed by atoms with E-state index in [2.05, 4.69) is 10.2 Å². The summed E-state index contributed by atoms with van der Waals surface area (Å²) in [5.41, 5.74) is 3.55. The summed E-state index contributed by atoms with van der Waals surface area (Å²) in [7, 11) is 0. The summed E-state index contributed by atoms with van der Waals surface area (Å²) in [5, 5.41) is 3.49. The van der Waals surface area contributed by atoms with Crippen LogP contribution in [0.4, 0.5) is 11.4 Å². The van der Waals surface area contributed by atoms with Crippen molar-refractivity contribution in [2.45, 2.75) is 57.9 Å². The van der Waals surface area contributed by atoms with Crippen LogP contribution in [-0.4, -0.2) is 37.5 Å². The Kier molecular flexibility index (Phi) is 7.04. The number of nitrogens with one attached hydrogen (secondary N) is 1. The SMILES string of the molecule is CC(C)NC(=O)C[C@H]1CCCN(C(=O)c2ccc(N3CCCC3)cc2Cl)c2ccccc21. The molecule has 170 valence electrons. The first-order valence-corrected chi connectivity index (χ1v) is 12.1. The Morgan fingerprint density at radius 1 is 1.06 bits per heavy atom. The highest BCUT2D eigenvalue weighted by atomic mass is 35.5. The Morgan fingerprint density at radius 3 is 2.53 bits per heavy atom. The number of halogens is 1. The van der Waals surface area contributed by atoms with Crippen LogP contribution in [0.1, 0.15) is 67.8 Å². The highest BCUT2D eigenvalue weighted by molar-refractivity contribution is 6.34. The molecule has 32 heavy (non-hydrogen) atoms. The van der Waals surface area contributed by atoms with Crippen LogP contribution in [0.2, 0.25) is 5.02 Å². The summed E-state index contributed by atoms with van der Waals surface area (Å²) in [6, 6.07) is 13.9. The Hall–Kier alpha value is -2.53. The van der Waals surface area contributed by atoms with E-state index >= 15 is 0 Å². The molecular formula is C26H32ClN3O2. The van der Waals surface area contributed by atoms with Gasteiger partial charge in [0, 0.05) is 43.5 Å². The fourth-order valence-electron chi connectivity index (χ4n) is 4.87. The molecule has 1 N–H and O–H groups in total. The van der Waals surface area contributed by atoms with E-state index in [1.54, 1.807) is 0 Å². The van der Waals surface area contributed by atoms with Gasteiger partial charge in [0.15, 0.2) is 0 Å². The van der Waals surface area contributed by atoms with Crippen molar-refractivity contribution in [3.8, 4) is 0 Å². The highest BCUT2D eigenvalue weighted by Gasteiger charge is 2.29. The van der Waals surface area contributed by atoms with E-state index in [1.807, 2.05) is 61.2 Å². The van der Waals surface area contributed by atoms with Gasteiger partial charge in [0.05, 0.1) is 10.6 Å². The van der Waals surface area contributed by atoms with Gasteiger partial charge in [-0.15, -0.1) is 0 Å². The summed E-state index contributed by atoms with van der Waals surface area (Å²) in [6.45, 7) is 6.63. The van der Waals surface area contributed by atoms with Crippen molar-refractivity contribution in [2.75, 3.05) is 29.4 Å². The van der Waals surface area contributed by atoms with Gasteiger partial charge in [-0.1, -0.05) is 29.8 Å². The van der Waals surface area contributed by atoms with E-state index in [0.29, 0.717) is 23.6 Å². The zero-order valence-corrected chi connectivity index (χ0v) is 19.7. The minimum Gasteiger partial charge on any atom is -0.371 e. The molecule has 0 spiro atoms. The number of nitrogens with zero attached hydrogens (tertiary/aromatic N) is 2. The van der Waals surface area contributed by atoms with Crippen molar-refractivity contribution < 1.29 is 9.59 Å². The van der Waals surface area contributed by atoms with Gasteiger partial charge in [-0.2, -0.15) is 0 Å². The average Bonchev–Trinajstić information content (AvgIpc) is 3.24. The van der Waals surface area contributed by atoms with Crippen molar-refractivity contribution in [1.29, 1.82) is 0 Å². The first kappa shape index (κ1) is 22.7. The summed E-state index contributed by atoms with van der Waals surface area (Å²) in [4.78, 5) is 30.2. The van der Waals surface area contributed by atoms with E-state index in [9.17, 15) is 9.59 Å². The fraction of sp³-hybridized carbons (Fsp3) is 0.462. The molecule has 0 bridgehead atoms. The molecule has 6 heteroatoms. The molecule has 2 aromatic rings. The van der Waals surface area contributed by atoms with Crippen molar-refractivity contribution in [3.63, 3.8) is 0 Å². The van der Waals surface area contributed by atoms with Crippen LogP contribution in [0.5, 0.6) is 0 Å². The van der Waals surface area contributed by atoms with Crippen LogP contribution >= 0.6 is 11.6 Å². The van der Waals surface area contributed by atoms with Crippen LogP contribution in [-0.2, 0) is 4.79 Å². The summed E-state index contributed by atoms with van der Waals surface area (Å²) < 4.78 is 0. The molecule has 1 atom stereocenters. The number of benzene rings is 2. The standard InChI is InChI=1S/C26H32ClN3O2/c1-18(2)28-25(31)16-19-8-7-15-30(24-10-4-3-9-21(19)24)26(32)22-12-11-20(17-23(22)27)29-13-5-6-14-29/h3-4,9-12,17-19H,5-8,13-16H2,1-2H3,(H,28,31)/t19-/m1/s1. The molecule has 1 fully saturated rings. The normalized spacial score (nSPS) is 18.4. The van der Waals surface area contributed by atoms with Crippen LogP contribution in [0.3, 0.4) is 0 Å². The monoisotopic (exact) mass is 453 g/mol. The molecule has 1 saturated heterocycles. The van der Waals surface area contributed by atoms with E-state index in [0.717, 1.165) is 42.9 Å². The first-order chi connectivity index (χ1) is 15.4. The maximum atomic E-state index is 13.6. The number of carbonyl (C=O) groups is 2. The lowest BCUT2D eigenvalue weighted by atomic mass is 9.90. The minimum absolute atomic E-state index is 0.0557. The zero-order chi connectivity index (χ0) is 22.7. The molecule has 2 aliphatic rings. The van der Waals surface area contributed by atoms with E-state index in [1.165, 1.54) is 12.8 Å².